The van der Waals surface area contributed by atoms with Gasteiger partial charge < -0.3 is 5.11 Å². The summed E-state index contributed by atoms with van der Waals surface area (Å²) in [6.07, 6.45) is 8.80. The van der Waals surface area contributed by atoms with Crippen LogP contribution in [0.15, 0.2) is 0 Å². The van der Waals surface area contributed by atoms with Crippen molar-refractivity contribution in [3.8, 4) is 0 Å². The summed E-state index contributed by atoms with van der Waals surface area (Å²) in [5.74, 6) is -0.00328. The predicted molar refractivity (Wildman–Crippen MR) is 71.5 cm³/mol. The van der Waals surface area contributed by atoms with E-state index in [0.717, 1.165) is 12.8 Å². The van der Waals surface area contributed by atoms with Crippen LogP contribution in [-0.4, -0.2) is 33.7 Å². The topological polar surface area (TPSA) is 49.3 Å². The highest BCUT2D eigenvalue weighted by atomic mass is 32.2. The molecule has 0 saturated heterocycles. The van der Waals surface area contributed by atoms with Crippen LogP contribution in [0.1, 0.15) is 51.9 Å². The lowest BCUT2D eigenvalue weighted by atomic mass is 10.0. The summed E-state index contributed by atoms with van der Waals surface area (Å²) >= 11 is 1.86. The van der Waals surface area contributed by atoms with Crippen molar-refractivity contribution in [2.75, 3.05) is 5.75 Å². The van der Waals surface area contributed by atoms with Crippen LogP contribution >= 0.6 is 11.8 Å². The lowest BCUT2D eigenvalue weighted by molar-refractivity contribution is -0.143. The molecule has 17 heavy (non-hydrogen) atoms. The van der Waals surface area contributed by atoms with Crippen LogP contribution in [0.4, 0.5) is 0 Å². The first-order chi connectivity index (χ1) is 8.10. The van der Waals surface area contributed by atoms with Crippen molar-refractivity contribution in [1.29, 1.82) is 0 Å². The van der Waals surface area contributed by atoms with Gasteiger partial charge in [0.25, 0.3) is 0 Å². The number of carboxylic acid groups (broad SMARTS) is 1. The summed E-state index contributed by atoms with van der Waals surface area (Å²) in [5, 5.41) is 13.3. The van der Waals surface area contributed by atoms with Crippen molar-refractivity contribution in [1.82, 2.24) is 5.32 Å². The van der Waals surface area contributed by atoms with Gasteiger partial charge in [-0.05, 0) is 32.6 Å². The first-order valence-corrected chi connectivity index (χ1v) is 7.78. The standard InChI is InChI=1S/C13H23NO2S/c1-13(12(15)16,14-10-7-8-10)9-17-11-5-3-2-4-6-11/h10-11,14H,2-9H2,1H3,(H,15,16). The molecule has 0 heterocycles. The molecule has 0 amide bonds. The smallest absolute Gasteiger partial charge is 0.324 e. The third kappa shape index (κ3) is 3.88. The molecule has 2 saturated carbocycles. The summed E-state index contributed by atoms with van der Waals surface area (Å²) in [6.45, 7) is 1.84. The maximum atomic E-state index is 11.4. The number of nitrogens with one attached hydrogen (secondary N) is 1. The van der Waals surface area contributed by atoms with E-state index in [1.807, 2.05) is 18.7 Å². The highest BCUT2D eigenvalue weighted by Gasteiger charge is 2.38. The highest BCUT2D eigenvalue weighted by Crippen LogP contribution is 2.31. The molecule has 0 aromatic rings. The third-order valence-electron chi connectivity index (χ3n) is 3.73. The highest BCUT2D eigenvalue weighted by molar-refractivity contribution is 8.00. The predicted octanol–water partition coefficient (Wildman–Crippen LogP) is 2.65. The number of aliphatic carboxylic acids is 1. The van der Waals surface area contributed by atoms with E-state index in [-0.39, 0.29) is 0 Å². The summed E-state index contributed by atoms with van der Waals surface area (Å²) in [5.41, 5.74) is -0.733. The number of thioether (sulfide) groups is 1. The molecule has 0 radical (unpaired) electrons. The lowest BCUT2D eigenvalue weighted by Crippen LogP contribution is -2.53. The Kier molecular flexibility index (Phi) is 4.36. The zero-order chi connectivity index (χ0) is 12.3. The maximum Gasteiger partial charge on any atom is 0.324 e. The average molecular weight is 257 g/mol. The van der Waals surface area contributed by atoms with Crippen molar-refractivity contribution in [2.24, 2.45) is 0 Å². The van der Waals surface area contributed by atoms with Gasteiger partial charge in [-0.1, -0.05) is 19.3 Å². The van der Waals surface area contributed by atoms with Crippen molar-refractivity contribution in [3.63, 3.8) is 0 Å². The van der Waals surface area contributed by atoms with Gasteiger partial charge in [-0.2, -0.15) is 11.8 Å². The third-order valence-corrected chi connectivity index (χ3v) is 5.42. The fraction of sp³-hybridized carbons (Fsp3) is 0.923. The minimum Gasteiger partial charge on any atom is -0.480 e. The molecular formula is C13H23NO2S. The maximum absolute atomic E-state index is 11.4. The molecule has 2 N–H and O–H groups in total. The summed E-state index contributed by atoms with van der Waals surface area (Å²) in [7, 11) is 0. The minimum atomic E-state index is -0.733. The van der Waals surface area contributed by atoms with Crippen molar-refractivity contribution < 1.29 is 9.90 Å². The van der Waals surface area contributed by atoms with E-state index in [9.17, 15) is 9.90 Å². The molecule has 2 aliphatic rings. The largest absolute Gasteiger partial charge is 0.480 e. The minimum absolute atomic E-state index is 0.447. The number of hydrogen-bond donors (Lipinski definition) is 2. The van der Waals surface area contributed by atoms with Crippen molar-refractivity contribution >= 4 is 17.7 Å². The summed E-state index contributed by atoms with van der Waals surface area (Å²) < 4.78 is 0. The molecule has 2 aliphatic carbocycles. The molecule has 0 bridgehead atoms. The monoisotopic (exact) mass is 257 g/mol. The Morgan fingerprint density at radius 3 is 2.47 bits per heavy atom. The van der Waals surface area contributed by atoms with Crippen LogP contribution in [0.2, 0.25) is 0 Å². The van der Waals surface area contributed by atoms with E-state index >= 15 is 0 Å². The van der Waals surface area contributed by atoms with Crippen LogP contribution in [0, 0.1) is 0 Å². The Hall–Kier alpha value is -0.220. The van der Waals surface area contributed by atoms with Crippen LogP contribution < -0.4 is 5.32 Å². The van der Waals surface area contributed by atoms with Gasteiger partial charge >= 0.3 is 5.97 Å². The van der Waals surface area contributed by atoms with Crippen LogP contribution in [0.5, 0.6) is 0 Å². The van der Waals surface area contributed by atoms with Crippen LogP contribution in [0.3, 0.4) is 0 Å². The Morgan fingerprint density at radius 2 is 1.94 bits per heavy atom. The fourth-order valence-corrected chi connectivity index (χ4v) is 3.80. The van der Waals surface area contributed by atoms with Gasteiger partial charge in [0.05, 0.1) is 0 Å². The van der Waals surface area contributed by atoms with Crippen molar-refractivity contribution in [2.45, 2.75) is 68.7 Å². The van der Waals surface area contributed by atoms with E-state index < -0.39 is 11.5 Å². The second kappa shape index (κ2) is 5.61. The lowest BCUT2D eigenvalue weighted by Gasteiger charge is -2.29. The van der Waals surface area contributed by atoms with E-state index in [1.165, 1.54) is 32.1 Å². The normalized spacial score (nSPS) is 25.5. The van der Waals surface area contributed by atoms with Gasteiger partial charge in [-0.25, -0.2) is 0 Å². The molecule has 3 nitrogen and oxygen atoms in total. The Labute approximate surface area is 108 Å². The number of carbonyl (C=O) groups is 1. The van der Waals surface area contributed by atoms with E-state index in [1.54, 1.807) is 0 Å². The molecule has 1 atom stereocenters. The fourth-order valence-electron chi connectivity index (χ4n) is 2.36. The molecule has 4 heteroatoms. The summed E-state index contributed by atoms with van der Waals surface area (Å²) in [4.78, 5) is 11.4. The van der Waals surface area contributed by atoms with Gasteiger partial charge in [-0.15, -0.1) is 0 Å². The van der Waals surface area contributed by atoms with E-state index in [2.05, 4.69) is 5.32 Å². The molecule has 98 valence electrons. The average Bonchev–Trinajstić information content (AvgIpc) is 3.11. The molecule has 0 aromatic carbocycles. The molecular weight excluding hydrogens is 234 g/mol. The zero-order valence-corrected chi connectivity index (χ0v) is 11.4. The van der Waals surface area contributed by atoms with Gasteiger partial charge in [0.2, 0.25) is 0 Å². The number of hydrogen-bond acceptors (Lipinski definition) is 3. The quantitative estimate of drug-likeness (QED) is 0.768. The Morgan fingerprint density at radius 1 is 1.29 bits per heavy atom. The SMILES string of the molecule is CC(CSC1CCCCC1)(NC1CC1)C(=O)O. The molecule has 2 rings (SSSR count). The van der Waals surface area contributed by atoms with Gasteiger partial charge in [0.15, 0.2) is 0 Å². The Balaban J connectivity index is 1.81. The molecule has 0 aliphatic heterocycles. The molecule has 0 aromatic heterocycles. The summed E-state index contributed by atoms with van der Waals surface area (Å²) in [6, 6.07) is 0.447. The van der Waals surface area contributed by atoms with Gasteiger partial charge in [-0.3, -0.25) is 10.1 Å². The first-order valence-electron chi connectivity index (χ1n) is 6.73. The van der Waals surface area contributed by atoms with Gasteiger partial charge in [0.1, 0.15) is 5.54 Å². The Bertz CT molecular complexity index is 275. The molecule has 2 fully saturated rings. The van der Waals surface area contributed by atoms with Crippen LogP contribution in [0.25, 0.3) is 0 Å². The second-order valence-electron chi connectivity index (χ2n) is 5.63. The van der Waals surface area contributed by atoms with E-state index in [4.69, 9.17) is 0 Å². The first kappa shape index (κ1) is 13.2. The van der Waals surface area contributed by atoms with E-state index in [0.29, 0.717) is 17.0 Å². The second-order valence-corrected chi connectivity index (χ2v) is 6.92. The number of carboxylic acids is 1. The van der Waals surface area contributed by atoms with Gasteiger partial charge in [0, 0.05) is 17.0 Å². The number of rotatable bonds is 6. The van der Waals surface area contributed by atoms with Crippen LogP contribution in [-0.2, 0) is 4.79 Å². The molecule has 0 spiro atoms. The molecule has 1 unspecified atom stereocenters. The zero-order valence-electron chi connectivity index (χ0n) is 10.6. The van der Waals surface area contributed by atoms with Crippen molar-refractivity contribution in [3.05, 3.63) is 0 Å².